The van der Waals surface area contributed by atoms with E-state index in [1.165, 1.54) is 55.6 Å². The molecule has 0 saturated heterocycles. The summed E-state index contributed by atoms with van der Waals surface area (Å²) in [6.07, 6.45) is 0. The lowest BCUT2D eigenvalue weighted by atomic mass is 9.70. The molecule has 1 heterocycles. The minimum Gasteiger partial charge on any atom is -0.497 e. The van der Waals surface area contributed by atoms with Crippen LogP contribution in [0.25, 0.3) is 0 Å². The molecule has 34 heavy (non-hydrogen) atoms. The molecule has 0 aliphatic carbocycles. The van der Waals surface area contributed by atoms with Crippen LogP contribution >= 0.6 is 0 Å². The molecule has 0 fully saturated rings. The maximum absolute atomic E-state index is 13.5. The molecule has 0 spiro atoms. The first kappa shape index (κ1) is 23.5. The second-order valence-electron chi connectivity index (χ2n) is 7.19. The van der Waals surface area contributed by atoms with Gasteiger partial charge in [0.1, 0.15) is 22.7 Å². The van der Waals surface area contributed by atoms with Gasteiger partial charge in [-0.2, -0.15) is 16.8 Å². The van der Waals surface area contributed by atoms with Crippen molar-refractivity contribution in [3.05, 3.63) is 83.4 Å². The predicted molar refractivity (Wildman–Crippen MR) is 119 cm³/mol. The zero-order valence-corrected chi connectivity index (χ0v) is 19.0. The van der Waals surface area contributed by atoms with Crippen molar-refractivity contribution in [1.82, 2.24) is 0 Å². The van der Waals surface area contributed by atoms with E-state index in [2.05, 4.69) is 13.7 Å². The van der Waals surface area contributed by atoms with E-state index in [4.69, 9.17) is 13.8 Å². The van der Waals surface area contributed by atoms with E-state index >= 15 is 0 Å². The Bertz CT molecular complexity index is 1390. The summed E-state index contributed by atoms with van der Waals surface area (Å²) in [5, 5.41) is 2.81. The molecule has 0 atom stereocenters. The molecule has 3 aromatic carbocycles. The normalized spacial score (nSPS) is 14.7. The SMILES string of the molecule is COc1ccc2c(c1)C(c1ccc(OS(=O)(=O)O)cc1)(c1ccc(OS(=O)(=O)O)cc1)C(=O)N2. The molecular weight excluding hydrogens is 490 g/mol. The van der Waals surface area contributed by atoms with Gasteiger partial charge in [0.2, 0.25) is 5.91 Å². The van der Waals surface area contributed by atoms with E-state index in [-0.39, 0.29) is 11.5 Å². The lowest BCUT2D eigenvalue weighted by Gasteiger charge is -2.29. The van der Waals surface area contributed by atoms with E-state index in [0.717, 1.165) is 0 Å². The highest BCUT2D eigenvalue weighted by Crippen LogP contribution is 2.49. The molecule has 11 nitrogen and oxygen atoms in total. The second-order valence-corrected chi connectivity index (χ2v) is 9.23. The van der Waals surface area contributed by atoms with Gasteiger partial charge in [-0.1, -0.05) is 24.3 Å². The van der Waals surface area contributed by atoms with Crippen LogP contribution in [-0.2, 0) is 31.0 Å². The number of anilines is 1. The van der Waals surface area contributed by atoms with Crippen molar-refractivity contribution in [3.63, 3.8) is 0 Å². The lowest BCUT2D eigenvalue weighted by molar-refractivity contribution is -0.118. The number of hydrogen-bond donors (Lipinski definition) is 3. The van der Waals surface area contributed by atoms with Crippen molar-refractivity contribution in [2.45, 2.75) is 5.41 Å². The number of fused-ring (bicyclic) bond motifs is 1. The van der Waals surface area contributed by atoms with E-state index < -0.39 is 32.1 Å². The smallest absolute Gasteiger partial charge is 0.446 e. The number of nitrogens with one attached hydrogen (secondary N) is 1. The Hall–Kier alpha value is -3.65. The summed E-state index contributed by atoms with van der Waals surface area (Å²) < 4.78 is 76.2. The van der Waals surface area contributed by atoms with Gasteiger partial charge in [0.05, 0.1) is 7.11 Å². The largest absolute Gasteiger partial charge is 0.497 e. The second kappa shape index (κ2) is 8.29. The Labute approximate surface area is 194 Å². The van der Waals surface area contributed by atoms with Crippen LogP contribution in [0.3, 0.4) is 0 Å². The summed E-state index contributed by atoms with van der Waals surface area (Å²) in [5.74, 6) is -0.329. The molecule has 0 aromatic heterocycles. The highest BCUT2D eigenvalue weighted by Gasteiger charge is 2.50. The maximum Gasteiger partial charge on any atom is 0.446 e. The van der Waals surface area contributed by atoms with E-state index in [1.807, 2.05) is 0 Å². The Morgan fingerprint density at radius 3 is 1.59 bits per heavy atom. The van der Waals surface area contributed by atoms with E-state index in [9.17, 15) is 21.6 Å². The van der Waals surface area contributed by atoms with Crippen molar-refractivity contribution in [1.29, 1.82) is 0 Å². The fraction of sp³-hybridized carbons (Fsp3) is 0.0952. The number of hydrogen-bond acceptors (Lipinski definition) is 8. The first-order valence-corrected chi connectivity index (χ1v) is 12.2. The van der Waals surface area contributed by atoms with Crippen molar-refractivity contribution in [2.24, 2.45) is 0 Å². The molecule has 0 saturated carbocycles. The number of carbonyl (C=O) groups excluding carboxylic acids is 1. The molecule has 0 unspecified atom stereocenters. The van der Waals surface area contributed by atoms with Crippen LogP contribution in [0.5, 0.6) is 17.2 Å². The highest BCUT2D eigenvalue weighted by atomic mass is 32.3. The first-order chi connectivity index (χ1) is 15.9. The van der Waals surface area contributed by atoms with E-state index in [0.29, 0.717) is 28.1 Å². The van der Waals surface area contributed by atoms with Crippen LogP contribution in [0.15, 0.2) is 66.7 Å². The fourth-order valence-corrected chi connectivity index (χ4v) is 4.62. The van der Waals surface area contributed by atoms with Crippen LogP contribution in [0.1, 0.15) is 16.7 Å². The lowest BCUT2D eigenvalue weighted by Crippen LogP contribution is -2.37. The number of carbonyl (C=O) groups is 1. The minimum absolute atomic E-state index is 0.178. The predicted octanol–water partition coefficient (Wildman–Crippen LogP) is 2.34. The first-order valence-electron chi connectivity index (χ1n) is 9.47. The fourth-order valence-electron chi connectivity index (χ4n) is 3.91. The molecule has 0 bridgehead atoms. The summed E-state index contributed by atoms with van der Waals surface area (Å²) in [6, 6.07) is 15.9. The van der Waals surface area contributed by atoms with Gasteiger partial charge in [0, 0.05) is 11.3 Å². The van der Waals surface area contributed by atoms with Crippen molar-refractivity contribution >= 4 is 32.4 Å². The third kappa shape index (κ3) is 4.41. The Morgan fingerprint density at radius 1 is 0.735 bits per heavy atom. The van der Waals surface area contributed by atoms with Gasteiger partial charge in [-0.05, 0) is 53.6 Å². The van der Waals surface area contributed by atoms with Gasteiger partial charge in [-0.25, -0.2) is 0 Å². The maximum atomic E-state index is 13.5. The number of amides is 1. The summed E-state index contributed by atoms with van der Waals surface area (Å²) in [7, 11) is -8.02. The molecule has 3 aromatic rings. The van der Waals surface area contributed by atoms with Gasteiger partial charge in [-0.15, -0.1) is 0 Å². The summed E-state index contributed by atoms with van der Waals surface area (Å²) in [4.78, 5) is 13.5. The summed E-state index contributed by atoms with van der Waals surface area (Å²) in [5.41, 5.74) is 0.370. The van der Waals surface area contributed by atoms with Gasteiger partial charge in [0.25, 0.3) is 0 Å². The molecule has 0 radical (unpaired) electrons. The molecular formula is C21H17NO10S2. The van der Waals surface area contributed by atoms with Crippen LogP contribution in [0.2, 0.25) is 0 Å². The van der Waals surface area contributed by atoms with Gasteiger partial charge in [0.15, 0.2) is 0 Å². The third-order valence-corrected chi connectivity index (χ3v) is 6.00. The molecule has 1 amide bonds. The Kier molecular flexibility index (Phi) is 5.73. The van der Waals surface area contributed by atoms with Gasteiger partial charge in [-0.3, -0.25) is 13.9 Å². The van der Waals surface area contributed by atoms with Gasteiger partial charge >= 0.3 is 20.8 Å². The van der Waals surface area contributed by atoms with Crippen molar-refractivity contribution < 1.29 is 43.8 Å². The Morgan fingerprint density at radius 2 is 1.18 bits per heavy atom. The number of methoxy groups -OCH3 is 1. The van der Waals surface area contributed by atoms with Crippen LogP contribution in [0, 0.1) is 0 Å². The van der Waals surface area contributed by atoms with Crippen LogP contribution in [-0.4, -0.2) is 39.0 Å². The molecule has 178 valence electrons. The van der Waals surface area contributed by atoms with Gasteiger partial charge < -0.3 is 18.4 Å². The van der Waals surface area contributed by atoms with Crippen molar-refractivity contribution in [3.8, 4) is 17.2 Å². The summed E-state index contributed by atoms with van der Waals surface area (Å²) in [6.45, 7) is 0. The average Bonchev–Trinajstić information content (AvgIpc) is 3.04. The van der Waals surface area contributed by atoms with Crippen molar-refractivity contribution in [2.75, 3.05) is 12.4 Å². The zero-order chi connectivity index (χ0) is 24.7. The molecule has 1 aliphatic rings. The zero-order valence-electron chi connectivity index (χ0n) is 17.3. The minimum atomic E-state index is -4.74. The molecule has 13 heteroatoms. The Balaban J connectivity index is 1.91. The molecule has 4 rings (SSSR count). The van der Waals surface area contributed by atoms with Crippen LogP contribution < -0.4 is 18.4 Å². The quantitative estimate of drug-likeness (QED) is 0.404. The topological polar surface area (TPSA) is 166 Å². The standard InChI is InChI=1S/C21H17NO10S2/c1-30-17-10-11-19-18(12-17)21(20(23)22-19,13-2-6-15(7-3-13)31-33(24,25)26)14-4-8-16(9-5-14)32-34(27,28)29/h2-12H,1H3,(H,22,23)(H,24,25,26)(H,27,28,29). The van der Waals surface area contributed by atoms with E-state index in [1.54, 1.807) is 18.2 Å². The number of ether oxygens (including phenoxy) is 1. The third-order valence-electron chi connectivity index (χ3n) is 5.20. The number of benzene rings is 3. The monoisotopic (exact) mass is 507 g/mol. The molecule has 3 N–H and O–H groups in total. The number of rotatable bonds is 7. The average molecular weight is 507 g/mol. The van der Waals surface area contributed by atoms with Crippen LogP contribution in [0.4, 0.5) is 5.69 Å². The highest BCUT2D eigenvalue weighted by molar-refractivity contribution is 7.81. The summed E-state index contributed by atoms with van der Waals surface area (Å²) >= 11 is 0. The molecule has 1 aliphatic heterocycles.